The summed E-state index contributed by atoms with van der Waals surface area (Å²) in [5, 5.41) is 111. The molecule has 16 aromatic rings. The van der Waals surface area contributed by atoms with Crippen molar-refractivity contribution in [1.29, 1.82) is 0 Å². The zero-order chi connectivity index (χ0) is 110. The molecule has 56 heteroatoms. The number of hydrogen-bond acceptors (Lipinski definition) is 30. The highest BCUT2D eigenvalue weighted by molar-refractivity contribution is 9.93. The van der Waals surface area contributed by atoms with Gasteiger partial charge in [-0.25, -0.2) is 30.0 Å². The number of aromatic nitrogens is 23. The summed E-state index contributed by atoms with van der Waals surface area (Å²) in [6, 6.07) is 22.5. The second-order valence-corrected chi connectivity index (χ2v) is 42.5. The number of esters is 1. The Morgan fingerprint density at radius 2 is 1.07 bits per heavy atom. The van der Waals surface area contributed by atoms with E-state index >= 15 is 0 Å². The van der Waals surface area contributed by atoms with E-state index in [0.29, 0.717) is 72.3 Å². The number of rotatable bonds is 30. The van der Waals surface area contributed by atoms with Gasteiger partial charge in [0, 0.05) is 145 Å². The van der Waals surface area contributed by atoms with E-state index in [1.54, 1.807) is 87.7 Å². The van der Waals surface area contributed by atoms with Crippen molar-refractivity contribution < 1.29 is 45.9 Å². The molecule has 0 spiro atoms. The maximum atomic E-state index is 11.2. The standard InChI is InChI=1S/C22H28Cl2N4.C16H25BrN4.C9H13N3O2.C9H21N.C7H5BrClN3.C7H6ClN3.C7H7N3O.C6H5BCl2O2.C3H3N3O2.C3H5N3.C3H4N2.Br2.Cl3OP.H3NO3.H2/c1-4-6-8-16(9-7-5-2)26-19-12-14(3)25-22-20(27-28-21(19)22)17-11-10-15(23)13-18(17)24;1-4-6-8-12(9-7-5-2)19-13-10-11(3)18-15-14(13)20-21-16(15)17;1-3-14-9(13)4-7(2)12-8-5-10-11-6-8;1-3-5-7-9(10)8-6-4-2;1-3-2-4(9)5-6(10-3)7(8)12-11-5;1-4-2-5(8)7-6(10-4)3-9-11-7;1-4-2-6(11)7-5(9-4)3-8-10-7;8-4-1-2-5(7(10)11)6(9)3-4;7-6(8)3-1-4-5-2-3;4-3-1-5-6-2-3;1-2-4-5-3-1;1-2;1-5(2,3)4;2-1-4-3;/h10-13,16H,4-9H2,1-3H3,(H,25,26)(H,27,28);10,12H,4-9H2,1-3H3,(H,18,19)(H,20,21);4-6,12H,3H2,1-2H3,(H,10,11);9H,3-8,10H2,1-2H3;2H,1H3,(H,11,12);2-3H,1H3,(H,9,11);2-3H,1H3,(H,8,10)(H,9,11);1-3,10-11H;1-2H,(H,4,5);1-2H,4H2,(H,5,6);1-3H,(H,4,5);;;1-3H;1H/b;;7-4+;;;;;;;;;;;;. The largest absolute Gasteiger partial charge is 0.489 e. The van der Waals surface area contributed by atoms with Crippen molar-refractivity contribution in [2.75, 3.05) is 28.3 Å². The first kappa shape index (κ1) is 133. The highest BCUT2D eigenvalue weighted by Gasteiger charge is 2.21. The molecule has 0 aliphatic rings. The fraction of sp³-hybridized carbons (Fsp3) is 0.380. The third-order valence-corrected chi connectivity index (χ3v) is 22.4. The number of benzene rings is 2. The first-order valence-electron chi connectivity index (χ1n) is 46.2. The number of pyridine rings is 5. The van der Waals surface area contributed by atoms with Crippen molar-refractivity contribution in [2.45, 2.75) is 224 Å². The van der Waals surface area contributed by atoms with Crippen LogP contribution in [0.2, 0.25) is 30.1 Å². The van der Waals surface area contributed by atoms with E-state index < -0.39 is 17.2 Å². The fourth-order valence-electron chi connectivity index (χ4n) is 12.8. The molecule has 0 fully saturated rings. The van der Waals surface area contributed by atoms with Gasteiger partial charge in [0.2, 0.25) is 5.43 Å². The number of nitrogen functional groups attached to an aromatic ring is 1. The van der Waals surface area contributed by atoms with Gasteiger partial charge in [-0.3, -0.25) is 70.6 Å². The summed E-state index contributed by atoms with van der Waals surface area (Å²) in [7, 11) is -1.54. The molecule has 14 heterocycles. The quantitative estimate of drug-likeness (QED) is 0.00378. The number of H-pyrrole nitrogens is 10. The number of unbranched alkanes of at least 4 members (excludes halogenated alkanes) is 6. The number of nitrogens with zero attached hydrogens (tertiary/aromatic N) is 14. The number of nitrogens with one attached hydrogen (secondary N) is 14. The van der Waals surface area contributed by atoms with Crippen LogP contribution >= 0.6 is 169 Å². The average Bonchev–Trinajstić information content (AvgIpc) is 1.63. The van der Waals surface area contributed by atoms with E-state index in [0.717, 1.165) is 122 Å². The van der Waals surface area contributed by atoms with Crippen LogP contribution in [0.25, 0.3) is 66.4 Å². The minimum Gasteiger partial charge on any atom is -0.463 e. The molecule has 0 saturated heterocycles. The minimum atomic E-state index is -3.22. The number of aromatic amines is 10. The van der Waals surface area contributed by atoms with Crippen molar-refractivity contribution in [1.82, 2.24) is 122 Å². The van der Waals surface area contributed by atoms with Gasteiger partial charge in [0.15, 0.2) is 0 Å². The summed E-state index contributed by atoms with van der Waals surface area (Å²) in [5.41, 5.74) is 30.8. The van der Waals surface area contributed by atoms with Crippen molar-refractivity contribution in [3.8, 4) is 11.3 Å². The van der Waals surface area contributed by atoms with Crippen LogP contribution in [0.1, 0.15) is 201 Å². The predicted octanol–water partition coefficient (Wildman–Crippen LogP) is 27.2. The molecule has 41 nitrogen and oxygen atoms in total. The van der Waals surface area contributed by atoms with Crippen LogP contribution in [0, 0.1) is 44.7 Å². The van der Waals surface area contributed by atoms with E-state index in [4.69, 9.17) is 111 Å². The number of nitrogens with two attached hydrogens (primary N) is 2. The number of hydrogen-bond donors (Lipinski definition) is 20. The number of carbonyl (C=O) groups is 1. The van der Waals surface area contributed by atoms with Crippen LogP contribution in [-0.4, -0.2) is 180 Å². The van der Waals surface area contributed by atoms with E-state index in [1.165, 1.54) is 140 Å². The van der Waals surface area contributed by atoms with Crippen molar-refractivity contribution in [3.63, 3.8) is 0 Å². The number of anilines is 4. The Hall–Kier alpha value is -9.47. The number of aryl methyl sites for hydroxylation is 5. The maximum absolute atomic E-state index is 11.2. The summed E-state index contributed by atoms with van der Waals surface area (Å²) in [5.74, 6) is -0.346. The highest BCUT2D eigenvalue weighted by atomic mass is 80.9. The molecule has 22 N–H and O–H groups in total. The Kier molecular flexibility index (Phi) is 67.5. The summed E-state index contributed by atoms with van der Waals surface area (Å²) in [6.45, 7) is 27.0. The molecule has 0 amide bonds. The zero-order valence-electron chi connectivity index (χ0n) is 83.4. The van der Waals surface area contributed by atoms with Crippen LogP contribution in [0.4, 0.5) is 28.4 Å². The van der Waals surface area contributed by atoms with E-state index in [2.05, 4.69) is 280 Å². The van der Waals surface area contributed by atoms with Crippen LogP contribution in [-0.2, 0) is 19.1 Å². The van der Waals surface area contributed by atoms with E-state index in [-0.39, 0.29) is 29.0 Å². The number of halogens is 13. The lowest BCUT2D eigenvalue weighted by atomic mass is 9.80. The van der Waals surface area contributed by atoms with Crippen LogP contribution in [0.3, 0.4) is 0 Å². The number of nitro groups is 1. The Bertz CT molecular complexity index is 6500. The number of fused-ring (bicyclic) bond motifs is 5. The number of ether oxygens (including phenoxy) is 1. The molecule has 14 aromatic heterocycles. The molecule has 0 atom stereocenters. The maximum Gasteiger partial charge on any atom is 0.489 e. The van der Waals surface area contributed by atoms with Crippen molar-refractivity contribution >= 4 is 271 Å². The summed E-state index contributed by atoms with van der Waals surface area (Å²) < 4.78 is 15.9. The average molecular weight is 2510 g/mol. The zero-order valence-corrected chi connectivity index (χ0v) is 97.5. The Morgan fingerprint density at radius 3 is 1.54 bits per heavy atom. The topological polar surface area (TPSA) is 619 Å². The Labute approximate surface area is 934 Å². The molecular formula is C92H127BBr4Cl9N30O11P. The first-order chi connectivity index (χ1) is 70.7. The molecule has 0 aliphatic heterocycles. The van der Waals surface area contributed by atoms with Crippen molar-refractivity contribution in [2.24, 2.45) is 5.73 Å². The lowest BCUT2D eigenvalue weighted by Crippen LogP contribution is -2.30. The van der Waals surface area contributed by atoms with Gasteiger partial charge in [0.1, 0.15) is 70.7 Å². The third-order valence-electron chi connectivity index (χ3n) is 19.6. The van der Waals surface area contributed by atoms with Crippen molar-refractivity contribution in [3.05, 3.63) is 235 Å². The Morgan fingerprint density at radius 1 is 0.574 bits per heavy atom. The van der Waals surface area contributed by atoms with Gasteiger partial charge in [-0.05, 0) is 219 Å². The molecule has 0 bridgehead atoms. The lowest BCUT2D eigenvalue weighted by Gasteiger charge is -2.20. The monoisotopic (exact) mass is 2500 g/mol. The smallest absolute Gasteiger partial charge is 0.463 e. The van der Waals surface area contributed by atoms with E-state index in [1.807, 2.05) is 58.9 Å². The van der Waals surface area contributed by atoms with E-state index in [9.17, 15) is 24.3 Å². The van der Waals surface area contributed by atoms with Crippen LogP contribution in [0.15, 0.2) is 161 Å². The number of allylic oxidation sites excluding steroid dienone is 1. The third kappa shape index (κ3) is 53.0. The normalized spacial score (nSPS) is 10.5. The van der Waals surface area contributed by atoms with Gasteiger partial charge < -0.3 is 47.2 Å². The predicted molar refractivity (Wildman–Crippen MR) is 616 cm³/mol. The van der Waals surface area contributed by atoms with Gasteiger partial charge in [-0.2, -0.15) is 45.9 Å². The summed E-state index contributed by atoms with van der Waals surface area (Å²) >= 11 is 61.6. The second kappa shape index (κ2) is 75.3. The summed E-state index contributed by atoms with van der Waals surface area (Å²) in [6.07, 6.45) is 39.2. The molecule has 16 rings (SSSR count). The molecule has 0 unspecified atom stereocenters. The summed E-state index contributed by atoms with van der Waals surface area (Å²) in [4.78, 5) is 55.1. The Balaban J connectivity index is 0.000000563. The molecule has 0 aliphatic carbocycles. The number of carbonyl (C=O) groups excluding carboxylic acids is 1. The molecule has 810 valence electrons. The van der Waals surface area contributed by atoms with Gasteiger partial charge in [0.05, 0.1) is 85.8 Å². The van der Waals surface area contributed by atoms with Crippen LogP contribution < -0.4 is 44.0 Å². The first-order valence-corrected chi connectivity index (χ1v) is 58.2. The molecule has 0 saturated carbocycles. The second-order valence-electron chi connectivity index (χ2n) is 31.7. The van der Waals surface area contributed by atoms with Gasteiger partial charge in [-0.15, -0.1) is 4.99 Å². The molecule has 2 aromatic carbocycles. The van der Waals surface area contributed by atoms with Gasteiger partial charge in [-0.1, -0.05) is 194 Å². The SMILES string of the molecule is BrBr.CCCCC(CCCC)Nc1cc(C)nc2c(-c3ccc(Cl)cc3Cl)n[nH]c12.CCCCC(CCCC)Nc1cc(C)nc2c(Br)[nH]nc12.CCCCC(N)CCCC.CCOC(=O)/C=C(\C)Nc1cn[nH]c1.Cc1cc(=O)c2[nH]ncc2[nH]1.Cc1cc(Cl)c2[nH]ncc2n1.Cc1cc(Cl)c2n[nH]c(Br)c2n1.Nc1cn[nH]c1.O=P(Cl)(Cl)Cl.O=[N+]([O-])c1cn[nH]c1.OB(O)c1ccc(Cl)cc1Cl.ONOO.[HH].c1cn[nH]c1. The van der Waals surface area contributed by atoms with Gasteiger partial charge in [0.25, 0.3) is 0 Å². The lowest BCUT2D eigenvalue weighted by molar-refractivity contribution is -0.384. The molecule has 0 radical (unpaired) electrons. The molecule has 148 heavy (non-hydrogen) atoms. The molecular weight excluding hydrogens is 2380 g/mol. The van der Waals surface area contributed by atoms with Gasteiger partial charge >= 0.3 is 24.0 Å². The highest BCUT2D eigenvalue weighted by Crippen LogP contribution is 2.61. The minimum absolute atomic E-state index is 0. The fourth-order valence-corrected chi connectivity index (χ4v) is 15.1. The van der Waals surface area contributed by atoms with Crippen LogP contribution in [0.5, 0.6) is 0 Å².